The SMILES string of the molecule is CCCc1noc(-c2ccc(N)nc2)n1. The van der Waals surface area contributed by atoms with Crippen LogP contribution in [-0.4, -0.2) is 15.1 Å². The predicted octanol–water partition coefficient (Wildman–Crippen LogP) is 1.67. The van der Waals surface area contributed by atoms with Crippen LogP contribution < -0.4 is 5.73 Å². The maximum atomic E-state index is 5.48. The summed E-state index contributed by atoms with van der Waals surface area (Å²) < 4.78 is 5.10. The number of aryl methyl sites for hydroxylation is 1. The van der Waals surface area contributed by atoms with E-state index in [1.807, 2.05) is 6.07 Å². The molecule has 5 nitrogen and oxygen atoms in total. The van der Waals surface area contributed by atoms with Crippen LogP contribution in [0.15, 0.2) is 22.9 Å². The number of rotatable bonds is 3. The van der Waals surface area contributed by atoms with Crippen molar-refractivity contribution >= 4 is 5.82 Å². The van der Waals surface area contributed by atoms with E-state index in [2.05, 4.69) is 22.0 Å². The molecule has 2 aromatic rings. The van der Waals surface area contributed by atoms with E-state index < -0.39 is 0 Å². The third-order valence-corrected chi connectivity index (χ3v) is 1.98. The number of nitrogens with two attached hydrogens (primary N) is 1. The number of aromatic nitrogens is 3. The van der Waals surface area contributed by atoms with Crippen molar-refractivity contribution in [1.29, 1.82) is 0 Å². The first-order valence-corrected chi connectivity index (χ1v) is 4.84. The molecular weight excluding hydrogens is 192 g/mol. The summed E-state index contributed by atoms with van der Waals surface area (Å²) in [5.74, 6) is 1.70. The molecule has 0 aromatic carbocycles. The van der Waals surface area contributed by atoms with Gasteiger partial charge in [0.25, 0.3) is 5.89 Å². The van der Waals surface area contributed by atoms with Gasteiger partial charge in [-0.05, 0) is 18.6 Å². The van der Waals surface area contributed by atoms with Crippen LogP contribution in [0.4, 0.5) is 5.82 Å². The second kappa shape index (κ2) is 4.08. The zero-order valence-electron chi connectivity index (χ0n) is 8.47. The summed E-state index contributed by atoms with van der Waals surface area (Å²) >= 11 is 0. The highest BCUT2D eigenvalue weighted by atomic mass is 16.5. The summed E-state index contributed by atoms with van der Waals surface area (Å²) in [6.07, 6.45) is 3.45. The highest BCUT2D eigenvalue weighted by Gasteiger charge is 2.07. The van der Waals surface area contributed by atoms with Gasteiger partial charge in [-0.15, -0.1) is 0 Å². The summed E-state index contributed by atoms with van der Waals surface area (Å²) in [4.78, 5) is 8.20. The minimum absolute atomic E-state index is 0.479. The third-order valence-electron chi connectivity index (χ3n) is 1.98. The fourth-order valence-electron chi connectivity index (χ4n) is 1.23. The predicted molar refractivity (Wildman–Crippen MR) is 55.9 cm³/mol. The number of nitrogen functional groups attached to an aromatic ring is 1. The Morgan fingerprint density at radius 2 is 2.27 bits per heavy atom. The quantitative estimate of drug-likeness (QED) is 0.822. The third kappa shape index (κ3) is 2.12. The summed E-state index contributed by atoms with van der Waals surface area (Å²) in [6.45, 7) is 2.07. The first kappa shape index (κ1) is 9.64. The fraction of sp³-hybridized carbons (Fsp3) is 0.300. The molecule has 2 N–H and O–H groups in total. The molecule has 0 saturated heterocycles. The molecule has 0 spiro atoms. The normalized spacial score (nSPS) is 10.5. The van der Waals surface area contributed by atoms with E-state index in [-0.39, 0.29) is 0 Å². The van der Waals surface area contributed by atoms with E-state index in [0.29, 0.717) is 11.7 Å². The van der Waals surface area contributed by atoms with Crippen LogP contribution >= 0.6 is 0 Å². The first-order valence-electron chi connectivity index (χ1n) is 4.84. The van der Waals surface area contributed by atoms with Crippen molar-refractivity contribution in [2.45, 2.75) is 19.8 Å². The minimum Gasteiger partial charge on any atom is -0.384 e. The molecule has 0 fully saturated rings. The van der Waals surface area contributed by atoms with Crippen molar-refractivity contribution in [3.8, 4) is 11.5 Å². The molecule has 0 atom stereocenters. The highest BCUT2D eigenvalue weighted by Crippen LogP contribution is 2.16. The number of pyridine rings is 1. The molecule has 0 aliphatic rings. The molecule has 15 heavy (non-hydrogen) atoms. The average molecular weight is 204 g/mol. The van der Waals surface area contributed by atoms with Crippen molar-refractivity contribution in [2.24, 2.45) is 0 Å². The van der Waals surface area contributed by atoms with Gasteiger partial charge in [0.05, 0.1) is 5.56 Å². The summed E-state index contributed by atoms with van der Waals surface area (Å²) in [5, 5.41) is 3.86. The Kier molecular flexibility index (Phi) is 2.62. The van der Waals surface area contributed by atoms with Gasteiger partial charge in [-0.3, -0.25) is 0 Å². The number of anilines is 1. The lowest BCUT2D eigenvalue weighted by molar-refractivity contribution is 0.422. The van der Waals surface area contributed by atoms with Crippen LogP contribution in [0.2, 0.25) is 0 Å². The van der Waals surface area contributed by atoms with Gasteiger partial charge in [-0.25, -0.2) is 4.98 Å². The topological polar surface area (TPSA) is 77.8 Å². The van der Waals surface area contributed by atoms with Crippen molar-refractivity contribution in [1.82, 2.24) is 15.1 Å². The van der Waals surface area contributed by atoms with Crippen molar-refractivity contribution in [3.63, 3.8) is 0 Å². The Labute approximate surface area is 87.3 Å². The molecule has 0 aliphatic heterocycles. The Morgan fingerprint density at radius 1 is 1.40 bits per heavy atom. The highest BCUT2D eigenvalue weighted by molar-refractivity contribution is 5.53. The molecule has 0 saturated carbocycles. The van der Waals surface area contributed by atoms with E-state index in [1.165, 1.54) is 0 Å². The molecule has 5 heteroatoms. The van der Waals surface area contributed by atoms with E-state index in [4.69, 9.17) is 10.3 Å². The van der Waals surface area contributed by atoms with E-state index in [0.717, 1.165) is 24.2 Å². The Balaban J connectivity index is 2.25. The van der Waals surface area contributed by atoms with Gasteiger partial charge in [0, 0.05) is 12.6 Å². The minimum atomic E-state index is 0.479. The summed E-state index contributed by atoms with van der Waals surface area (Å²) in [7, 11) is 0. The van der Waals surface area contributed by atoms with Gasteiger partial charge >= 0.3 is 0 Å². The second-order valence-corrected chi connectivity index (χ2v) is 3.24. The molecule has 2 heterocycles. The first-order chi connectivity index (χ1) is 7.29. The fourth-order valence-corrected chi connectivity index (χ4v) is 1.23. The average Bonchev–Trinajstić information content (AvgIpc) is 2.68. The molecule has 2 rings (SSSR count). The monoisotopic (exact) mass is 204 g/mol. The smallest absolute Gasteiger partial charge is 0.259 e. The van der Waals surface area contributed by atoms with Gasteiger partial charge in [0.15, 0.2) is 5.82 Å². The second-order valence-electron chi connectivity index (χ2n) is 3.24. The molecule has 0 bridgehead atoms. The molecule has 0 unspecified atom stereocenters. The molecule has 0 radical (unpaired) electrons. The summed E-state index contributed by atoms with van der Waals surface area (Å²) in [6, 6.07) is 3.52. The zero-order valence-corrected chi connectivity index (χ0v) is 8.47. The van der Waals surface area contributed by atoms with Crippen LogP contribution in [0.1, 0.15) is 19.2 Å². The lowest BCUT2D eigenvalue weighted by Crippen LogP contribution is -1.89. The Morgan fingerprint density at radius 3 is 2.93 bits per heavy atom. The van der Waals surface area contributed by atoms with Crippen LogP contribution in [0.25, 0.3) is 11.5 Å². The van der Waals surface area contributed by atoms with E-state index in [1.54, 1.807) is 12.3 Å². The van der Waals surface area contributed by atoms with Crippen molar-refractivity contribution in [3.05, 3.63) is 24.2 Å². The molecule has 78 valence electrons. The molecular formula is C10H12N4O. The van der Waals surface area contributed by atoms with Crippen LogP contribution in [0.5, 0.6) is 0 Å². The van der Waals surface area contributed by atoms with Crippen LogP contribution in [0.3, 0.4) is 0 Å². The molecule has 2 aromatic heterocycles. The van der Waals surface area contributed by atoms with Crippen LogP contribution in [-0.2, 0) is 6.42 Å². The standard InChI is InChI=1S/C10H12N4O/c1-2-3-9-13-10(15-14-9)7-4-5-8(11)12-6-7/h4-6H,2-3H2,1H3,(H2,11,12). The van der Waals surface area contributed by atoms with Gasteiger partial charge < -0.3 is 10.3 Å². The maximum absolute atomic E-state index is 5.48. The van der Waals surface area contributed by atoms with E-state index in [9.17, 15) is 0 Å². The van der Waals surface area contributed by atoms with Gasteiger partial charge in [-0.2, -0.15) is 4.98 Å². The Hall–Kier alpha value is -1.91. The van der Waals surface area contributed by atoms with Gasteiger partial charge in [-0.1, -0.05) is 12.1 Å². The number of hydrogen-bond donors (Lipinski definition) is 1. The lowest BCUT2D eigenvalue weighted by Gasteiger charge is -1.93. The summed E-state index contributed by atoms with van der Waals surface area (Å²) in [5.41, 5.74) is 6.27. The number of hydrogen-bond acceptors (Lipinski definition) is 5. The van der Waals surface area contributed by atoms with Crippen LogP contribution in [0, 0.1) is 0 Å². The van der Waals surface area contributed by atoms with Crippen molar-refractivity contribution in [2.75, 3.05) is 5.73 Å². The van der Waals surface area contributed by atoms with Crippen molar-refractivity contribution < 1.29 is 4.52 Å². The van der Waals surface area contributed by atoms with Gasteiger partial charge in [0.1, 0.15) is 5.82 Å². The molecule has 0 aliphatic carbocycles. The van der Waals surface area contributed by atoms with E-state index >= 15 is 0 Å². The zero-order chi connectivity index (χ0) is 10.7. The largest absolute Gasteiger partial charge is 0.384 e. The molecule has 0 amide bonds. The van der Waals surface area contributed by atoms with Gasteiger partial charge in [0.2, 0.25) is 0 Å². The lowest BCUT2D eigenvalue weighted by atomic mass is 10.3. The maximum Gasteiger partial charge on any atom is 0.259 e. The Bertz CT molecular complexity index is 435. The number of nitrogens with zero attached hydrogens (tertiary/aromatic N) is 3.